The van der Waals surface area contributed by atoms with Crippen LogP contribution in [0, 0.1) is 17.5 Å². The highest BCUT2D eigenvalue weighted by molar-refractivity contribution is 5.92. The van der Waals surface area contributed by atoms with Crippen molar-refractivity contribution in [2.24, 2.45) is 0 Å². The standard InChI is InChI=1S/C16H12F3NO3/c17-12-4-2-1-3-10(12)7-16(22)23-9-15(21)20-11-5-6-13(18)14(19)8-11/h1-6,8H,7,9H2,(H,20,21). The normalized spacial score (nSPS) is 10.2. The maximum Gasteiger partial charge on any atom is 0.310 e. The Morgan fingerprint density at radius 2 is 1.70 bits per heavy atom. The molecular weight excluding hydrogens is 311 g/mol. The first-order valence-electron chi connectivity index (χ1n) is 6.59. The lowest BCUT2D eigenvalue weighted by atomic mass is 10.1. The lowest BCUT2D eigenvalue weighted by Crippen LogP contribution is -2.22. The van der Waals surface area contributed by atoms with E-state index in [1.54, 1.807) is 6.07 Å². The summed E-state index contributed by atoms with van der Waals surface area (Å²) in [6.45, 7) is -0.619. The molecule has 2 aromatic rings. The Labute approximate surface area is 129 Å². The molecule has 0 fully saturated rings. The van der Waals surface area contributed by atoms with Crippen LogP contribution in [0.4, 0.5) is 18.9 Å². The molecule has 23 heavy (non-hydrogen) atoms. The van der Waals surface area contributed by atoms with Crippen LogP contribution >= 0.6 is 0 Å². The van der Waals surface area contributed by atoms with Gasteiger partial charge >= 0.3 is 5.97 Å². The number of ether oxygens (including phenoxy) is 1. The Morgan fingerprint density at radius 3 is 2.39 bits per heavy atom. The highest BCUT2D eigenvalue weighted by Crippen LogP contribution is 2.13. The first-order valence-corrected chi connectivity index (χ1v) is 6.59. The van der Waals surface area contributed by atoms with Gasteiger partial charge in [-0.05, 0) is 23.8 Å². The fourth-order valence-corrected chi connectivity index (χ4v) is 1.77. The quantitative estimate of drug-likeness (QED) is 0.861. The lowest BCUT2D eigenvalue weighted by molar-refractivity contribution is -0.146. The van der Waals surface area contributed by atoms with Crippen molar-refractivity contribution in [3.63, 3.8) is 0 Å². The van der Waals surface area contributed by atoms with Crippen molar-refractivity contribution in [2.75, 3.05) is 11.9 Å². The molecule has 0 aliphatic rings. The summed E-state index contributed by atoms with van der Waals surface area (Å²) in [7, 11) is 0. The molecule has 0 saturated heterocycles. The minimum absolute atomic E-state index is 0.0269. The zero-order valence-corrected chi connectivity index (χ0v) is 11.8. The number of hydrogen-bond acceptors (Lipinski definition) is 3. The Balaban J connectivity index is 1.83. The third kappa shape index (κ3) is 4.84. The fourth-order valence-electron chi connectivity index (χ4n) is 1.77. The second kappa shape index (κ2) is 7.44. The van der Waals surface area contributed by atoms with Gasteiger partial charge in [-0.2, -0.15) is 0 Å². The molecule has 0 aliphatic carbocycles. The monoisotopic (exact) mass is 323 g/mol. The SMILES string of the molecule is O=C(COC(=O)Cc1ccccc1F)Nc1ccc(F)c(F)c1. The summed E-state index contributed by atoms with van der Waals surface area (Å²) in [6, 6.07) is 8.51. The van der Waals surface area contributed by atoms with Gasteiger partial charge in [0.15, 0.2) is 18.2 Å². The Kier molecular flexibility index (Phi) is 5.35. The van der Waals surface area contributed by atoms with Crippen LogP contribution in [0.25, 0.3) is 0 Å². The van der Waals surface area contributed by atoms with E-state index in [9.17, 15) is 22.8 Å². The highest BCUT2D eigenvalue weighted by atomic mass is 19.2. The van der Waals surface area contributed by atoms with E-state index in [-0.39, 0.29) is 17.7 Å². The van der Waals surface area contributed by atoms with Crippen molar-refractivity contribution in [3.8, 4) is 0 Å². The average Bonchev–Trinajstić information content (AvgIpc) is 2.51. The molecule has 0 unspecified atom stereocenters. The zero-order chi connectivity index (χ0) is 16.8. The van der Waals surface area contributed by atoms with E-state index in [1.165, 1.54) is 18.2 Å². The van der Waals surface area contributed by atoms with Gasteiger partial charge in [-0.1, -0.05) is 18.2 Å². The van der Waals surface area contributed by atoms with Gasteiger partial charge in [0.05, 0.1) is 6.42 Å². The molecule has 1 N–H and O–H groups in total. The van der Waals surface area contributed by atoms with E-state index in [2.05, 4.69) is 5.32 Å². The smallest absolute Gasteiger partial charge is 0.310 e. The number of carbonyl (C=O) groups excluding carboxylic acids is 2. The molecule has 2 rings (SSSR count). The van der Waals surface area contributed by atoms with Gasteiger partial charge < -0.3 is 10.1 Å². The molecule has 0 atom stereocenters. The van der Waals surface area contributed by atoms with Crippen molar-refractivity contribution < 1.29 is 27.5 Å². The van der Waals surface area contributed by atoms with Crippen LogP contribution in [0.2, 0.25) is 0 Å². The minimum Gasteiger partial charge on any atom is -0.455 e. The first kappa shape index (κ1) is 16.5. The number of esters is 1. The van der Waals surface area contributed by atoms with Gasteiger partial charge in [0.2, 0.25) is 0 Å². The van der Waals surface area contributed by atoms with E-state index in [4.69, 9.17) is 4.74 Å². The van der Waals surface area contributed by atoms with Crippen molar-refractivity contribution in [2.45, 2.75) is 6.42 Å². The van der Waals surface area contributed by atoms with E-state index in [0.29, 0.717) is 0 Å². The highest BCUT2D eigenvalue weighted by Gasteiger charge is 2.12. The molecule has 7 heteroatoms. The van der Waals surface area contributed by atoms with Gasteiger partial charge in [0.1, 0.15) is 5.82 Å². The third-order valence-corrected chi connectivity index (χ3v) is 2.86. The maximum absolute atomic E-state index is 13.4. The minimum atomic E-state index is -1.11. The van der Waals surface area contributed by atoms with Crippen molar-refractivity contribution in [1.29, 1.82) is 0 Å². The zero-order valence-electron chi connectivity index (χ0n) is 11.8. The maximum atomic E-state index is 13.4. The van der Waals surface area contributed by atoms with Crippen LogP contribution in [-0.2, 0) is 20.7 Å². The number of amides is 1. The molecule has 0 radical (unpaired) electrons. The third-order valence-electron chi connectivity index (χ3n) is 2.86. The number of benzene rings is 2. The molecule has 0 spiro atoms. The summed E-state index contributed by atoms with van der Waals surface area (Å²) in [5.41, 5.74) is 0.178. The fraction of sp³-hybridized carbons (Fsp3) is 0.125. The van der Waals surface area contributed by atoms with Crippen LogP contribution in [0.1, 0.15) is 5.56 Å². The number of anilines is 1. The van der Waals surface area contributed by atoms with Crippen LogP contribution in [-0.4, -0.2) is 18.5 Å². The number of hydrogen-bond donors (Lipinski definition) is 1. The molecule has 0 aliphatic heterocycles. The van der Waals surface area contributed by atoms with E-state index < -0.39 is 35.9 Å². The van der Waals surface area contributed by atoms with Gasteiger partial charge in [0, 0.05) is 11.8 Å². The van der Waals surface area contributed by atoms with Crippen LogP contribution in [0.15, 0.2) is 42.5 Å². The first-order chi connectivity index (χ1) is 11.0. The molecule has 0 aromatic heterocycles. The van der Waals surface area contributed by atoms with Crippen molar-refractivity contribution in [1.82, 2.24) is 0 Å². The summed E-state index contributed by atoms with van der Waals surface area (Å²) < 4.78 is 43.8. The molecule has 120 valence electrons. The number of rotatable bonds is 5. The van der Waals surface area contributed by atoms with E-state index >= 15 is 0 Å². The lowest BCUT2D eigenvalue weighted by Gasteiger charge is -2.07. The predicted molar refractivity (Wildman–Crippen MR) is 76.1 cm³/mol. The summed E-state index contributed by atoms with van der Waals surface area (Å²) in [5.74, 6) is -4.21. The summed E-state index contributed by atoms with van der Waals surface area (Å²) in [4.78, 5) is 23.1. The summed E-state index contributed by atoms with van der Waals surface area (Å²) in [5, 5.41) is 2.24. The molecular formula is C16H12F3NO3. The Bertz CT molecular complexity index is 734. The van der Waals surface area contributed by atoms with Gasteiger partial charge in [-0.3, -0.25) is 9.59 Å². The number of carbonyl (C=O) groups is 2. The molecule has 1 amide bonds. The Hall–Kier alpha value is -2.83. The Morgan fingerprint density at radius 1 is 0.957 bits per heavy atom. The van der Waals surface area contributed by atoms with Crippen molar-refractivity contribution in [3.05, 3.63) is 65.5 Å². The van der Waals surface area contributed by atoms with Crippen LogP contribution in [0.3, 0.4) is 0 Å². The molecule has 4 nitrogen and oxygen atoms in total. The van der Waals surface area contributed by atoms with Gasteiger partial charge in [-0.15, -0.1) is 0 Å². The van der Waals surface area contributed by atoms with Gasteiger partial charge in [-0.25, -0.2) is 13.2 Å². The topological polar surface area (TPSA) is 55.4 Å². The molecule has 0 bridgehead atoms. The largest absolute Gasteiger partial charge is 0.455 e. The molecule has 2 aromatic carbocycles. The number of nitrogens with one attached hydrogen (secondary N) is 1. The second-order valence-electron chi connectivity index (χ2n) is 4.61. The number of halogens is 3. The second-order valence-corrected chi connectivity index (χ2v) is 4.61. The molecule has 0 saturated carbocycles. The van der Waals surface area contributed by atoms with E-state index in [0.717, 1.165) is 18.2 Å². The van der Waals surface area contributed by atoms with Crippen LogP contribution in [0.5, 0.6) is 0 Å². The van der Waals surface area contributed by atoms with Crippen molar-refractivity contribution >= 4 is 17.6 Å². The molecule has 0 heterocycles. The summed E-state index contributed by atoms with van der Waals surface area (Å²) >= 11 is 0. The van der Waals surface area contributed by atoms with Crippen LogP contribution < -0.4 is 5.32 Å². The van der Waals surface area contributed by atoms with Gasteiger partial charge in [0.25, 0.3) is 5.91 Å². The van der Waals surface area contributed by atoms with E-state index in [1.807, 2.05) is 0 Å². The predicted octanol–water partition coefficient (Wildman–Crippen LogP) is 2.83. The average molecular weight is 323 g/mol. The summed E-state index contributed by atoms with van der Waals surface area (Å²) in [6.07, 6.45) is -0.314.